The molecule has 11 heteroatoms. The smallest absolute Gasteiger partial charge is 0.275 e. The largest absolute Gasteiger partial charge is 0.354 e. The number of halogens is 2. The lowest BCUT2D eigenvalue weighted by Gasteiger charge is -2.23. The Labute approximate surface area is 157 Å². The topological polar surface area (TPSA) is 109 Å². The van der Waals surface area contributed by atoms with E-state index >= 15 is 0 Å². The van der Waals surface area contributed by atoms with E-state index in [2.05, 4.69) is 25.8 Å². The number of amides is 2. The molecule has 3 heterocycles. The van der Waals surface area contributed by atoms with Crippen LogP contribution in [0.5, 0.6) is 0 Å². The maximum Gasteiger partial charge on any atom is 0.275 e. The van der Waals surface area contributed by atoms with Gasteiger partial charge >= 0.3 is 0 Å². The van der Waals surface area contributed by atoms with Crippen molar-refractivity contribution in [3.05, 3.63) is 41.9 Å². The number of aromatic nitrogens is 5. The number of rotatable bonds is 4. The zero-order valence-electron chi connectivity index (χ0n) is 14.9. The van der Waals surface area contributed by atoms with Crippen molar-refractivity contribution >= 4 is 22.7 Å². The first kappa shape index (κ1) is 18.0. The number of carbonyl (C=O) groups is 2. The normalized spacial score (nSPS) is 18.5. The minimum atomic E-state index is -3.02. The van der Waals surface area contributed by atoms with Crippen molar-refractivity contribution in [2.24, 2.45) is 0 Å². The molecule has 2 aromatic heterocycles. The zero-order chi connectivity index (χ0) is 19.9. The molecule has 1 saturated heterocycles. The van der Waals surface area contributed by atoms with E-state index in [1.165, 1.54) is 17.9 Å². The van der Waals surface area contributed by atoms with Crippen LogP contribution in [0.2, 0.25) is 0 Å². The van der Waals surface area contributed by atoms with E-state index in [1.54, 1.807) is 24.3 Å². The molecule has 4 rings (SSSR count). The van der Waals surface area contributed by atoms with E-state index in [1.807, 2.05) is 0 Å². The number of likely N-dealkylation sites (tertiary alicyclic amines) is 1. The average Bonchev–Trinajstić information content (AvgIpc) is 3.37. The molecule has 3 aromatic rings. The van der Waals surface area contributed by atoms with E-state index in [4.69, 9.17) is 0 Å². The summed E-state index contributed by atoms with van der Waals surface area (Å²) in [6.07, 6.45) is 0.859. The van der Waals surface area contributed by atoms with Crippen LogP contribution in [0.15, 0.2) is 30.5 Å². The zero-order valence-corrected chi connectivity index (χ0v) is 14.9. The first-order chi connectivity index (χ1) is 13.4. The molecule has 0 spiro atoms. The summed E-state index contributed by atoms with van der Waals surface area (Å²) in [5, 5.41) is 17.3. The van der Waals surface area contributed by atoms with Crippen molar-refractivity contribution in [3.63, 3.8) is 0 Å². The van der Waals surface area contributed by atoms with Crippen LogP contribution in [0.3, 0.4) is 0 Å². The Kier molecular flexibility index (Phi) is 4.28. The Morgan fingerprint density at radius 3 is 2.93 bits per heavy atom. The van der Waals surface area contributed by atoms with E-state index in [0.717, 1.165) is 4.90 Å². The molecule has 2 amide bonds. The predicted molar refractivity (Wildman–Crippen MR) is 93.9 cm³/mol. The second-order valence-electron chi connectivity index (χ2n) is 6.67. The molecule has 0 saturated carbocycles. The van der Waals surface area contributed by atoms with Gasteiger partial charge in [-0.25, -0.2) is 13.5 Å². The number of benzene rings is 1. The van der Waals surface area contributed by atoms with Gasteiger partial charge in [0.25, 0.3) is 17.7 Å². The highest BCUT2D eigenvalue weighted by Crippen LogP contribution is 2.34. The SMILES string of the molecule is CNC(=O)c1cn(C[C@@H]2CC(F)(F)CN2C(=O)c2n[nH]c3ccccc23)nn1. The monoisotopic (exact) mass is 389 g/mol. The van der Waals surface area contributed by atoms with Gasteiger partial charge < -0.3 is 10.2 Å². The molecule has 9 nitrogen and oxygen atoms in total. The van der Waals surface area contributed by atoms with Crippen molar-refractivity contribution in [2.45, 2.75) is 24.9 Å². The molecule has 1 atom stereocenters. The fraction of sp³-hybridized carbons (Fsp3) is 0.353. The highest BCUT2D eigenvalue weighted by atomic mass is 19.3. The van der Waals surface area contributed by atoms with Crippen molar-refractivity contribution in [1.29, 1.82) is 0 Å². The van der Waals surface area contributed by atoms with Gasteiger partial charge in [-0.15, -0.1) is 5.10 Å². The summed E-state index contributed by atoms with van der Waals surface area (Å²) in [5.74, 6) is -4.03. The number of aromatic amines is 1. The summed E-state index contributed by atoms with van der Waals surface area (Å²) in [4.78, 5) is 25.7. The summed E-state index contributed by atoms with van der Waals surface area (Å²) < 4.78 is 29.5. The molecule has 1 fully saturated rings. The number of hydrogen-bond donors (Lipinski definition) is 2. The van der Waals surface area contributed by atoms with E-state index in [9.17, 15) is 18.4 Å². The van der Waals surface area contributed by atoms with Crippen LogP contribution in [0.4, 0.5) is 8.78 Å². The summed E-state index contributed by atoms with van der Waals surface area (Å²) in [7, 11) is 1.45. The maximum absolute atomic E-state index is 14.1. The maximum atomic E-state index is 14.1. The number of nitrogens with zero attached hydrogens (tertiary/aromatic N) is 5. The van der Waals surface area contributed by atoms with Crippen LogP contribution in [-0.4, -0.2) is 67.5 Å². The van der Waals surface area contributed by atoms with Crippen molar-refractivity contribution in [3.8, 4) is 0 Å². The Bertz CT molecular complexity index is 1040. The first-order valence-electron chi connectivity index (χ1n) is 8.62. The van der Waals surface area contributed by atoms with Crippen molar-refractivity contribution in [1.82, 2.24) is 35.4 Å². The van der Waals surface area contributed by atoms with Crippen LogP contribution >= 0.6 is 0 Å². The molecule has 0 radical (unpaired) electrons. The Balaban J connectivity index is 1.60. The van der Waals surface area contributed by atoms with E-state index in [0.29, 0.717) is 10.9 Å². The lowest BCUT2D eigenvalue weighted by atomic mass is 10.1. The standard InChI is InChI=1S/C17H17F2N7O2/c1-20-15(27)13-8-25(24-22-13)7-10-6-17(18,19)9-26(10)16(28)14-11-4-2-3-5-12(11)21-23-14/h2-5,8,10H,6-7,9H2,1H3,(H,20,27)(H,21,23)/t10-/m0/s1. The average molecular weight is 389 g/mol. The molecule has 1 aliphatic rings. The van der Waals surface area contributed by atoms with Crippen LogP contribution in [0.1, 0.15) is 27.4 Å². The Morgan fingerprint density at radius 2 is 2.14 bits per heavy atom. The van der Waals surface area contributed by atoms with Crippen LogP contribution in [-0.2, 0) is 6.54 Å². The highest BCUT2D eigenvalue weighted by molar-refractivity contribution is 6.04. The second kappa shape index (κ2) is 6.66. The minimum absolute atomic E-state index is 0.00627. The molecule has 0 aliphatic carbocycles. The van der Waals surface area contributed by atoms with Crippen LogP contribution < -0.4 is 5.32 Å². The number of fused-ring (bicyclic) bond motifs is 1. The van der Waals surface area contributed by atoms with Gasteiger partial charge in [0.15, 0.2) is 11.4 Å². The van der Waals surface area contributed by atoms with Crippen LogP contribution in [0.25, 0.3) is 10.9 Å². The Morgan fingerprint density at radius 1 is 1.36 bits per heavy atom. The summed E-state index contributed by atoms with van der Waals surface area (Å²) >= 11 is 0. The lowest BCUT2D eigenvalue weighted by molar-refractivity contribution is 0.0117. The predicted octanol–water partition coefficient (Wildman–Crippen LogP) is 1.06. The number of H-pyrrole nitrogens is 1. The molecule has 146 valence electrons. The van der Waals surface area contributed by atoms with Gasteiger partial charge in [-0.05, 0) is 6.07 Å². The van der Waals surface area contributed by atoms with Crippen LogP contribution in [0, 0.1) is 0 Å². The molecule has 0 bridgehead atoms. The van der Waals surface area contributed by atoms with Gasteiger partial charge in [-0.1, -0.05) is 23.4 Å². The van der Waals surface area contributed by atoms with E-state index < -0.39 is 36.7 Å². The Hall–Kier alpha value is -3.37. The molecular formula is C17H17F2N7O2. The quantitative estimate of drug-likeness (QED) is 0.694. The fourth-order valence-electron chi connectivity index (χ4n) is 3.40. The number of nitrogens with one attached hydrogen (secondary N) is 2. The van der Waals surface area contributed by atoms with E-state index in [-0.39, 0.29) is 17.9 Å². The second-order valence-corrected chi connectivity index (χ2v) is 6.67. The minimum Gasteiger partial charge on any atom is -0.354 e. The van der Waals surface area contributed by atoms with Gasteiger partial charge in [-0.3, -0.25) is 14.7 Å². The van der Waals surface area contributed by atoms with Crippen molar-refractivity contribution < 1.29 is 18.4 Å². The van der Waals surface area contributed by atoms with Gasteiger partial charge in [0, 0.05) is 18.9 Å². The summed E-state index contributed by atoms with van der Waals surface area (Å²) in [6.45, 7) is -0.706. The van der Waals surface area contributed by atoms with Gasteiger partial charge in [0.2, 0.25) is 0 Å². The fourth-order valence-corrected chi connectivity index (χ4v) is 3.40. The molecular weight excluding hydrogens is 372 g/mol. The molecule has 28 heavy (non-hydrogen) atoms. The summed E-state index contributed by atoms with van der Waals surface area (Å²) in [5.41, 5.74) is 0.825. The molecule has 1 aliphatic heterocycles. The number of para-hydroxylation sites is 1. The first-order valence-corrected chi connectivity index (χ1v) is 8.62. The third-order valence-electron chi connectivity index (χ3n) is 4.71. The van der Waals surface area contributed by atoms with Gasteiger partial charge in [0.05, 0.1) is 30.8 Å². The third-order valence-corrected chi connectivity index (χ3v) is 4.71. The highest BCUT2D eigenvalue weighted by Gasteiger charge is 2.48. The third kappa shape index (κ3) is 3.19. The lowest BCUT2D eigenvalue weighted by Crippen LogP contribution is -2.39. The summed E-state index contributed by atoms with van der Waals surface area (Å²) in [6, 6.07) is 6.20. The number of hydrogen-bond acceptors (Lipinski definition) is 5. The number of alkyl halides is 2. The number of carbonyl (C=O) groups excluding carboxylic acids is 2. The van der Waals surface area contributed by atoms with Gasteiger partial charge in [0.1, 0.15) is 0 Å². The molecule has 1 aromatic carbocycles. The molecule has 0 unspecified atom stereocenters. The van der Waals surface area contributed by atoms with Crippen molar-refractivity contribution in [2.75, 3.05) is 13.6 Å². The van der Waals surface area contributed by atoms with Gasteiger partial charge in [-0.2, -0.15) is 5.10 Å². The molecule has 2 N–H and O–H groups in total.